The molecule has 1 heterocycles. The highest BCUT2D eigenvalue weighted by molar-refractivity contribution is 7.15. The summed E-state index contributed by atoms with van der Waals surface area (Å²) in [6, 6.07) is 25.1. The second-order valence-corrected chi connectivity index (χ2v) is 9.05. The second-order valence-electron chi connectivity index (χ2n) is 8.17. The fourth-order valence-corrected chi connectivity index (χ4v) is 4.75. The van der Waals surface area contributed by atoms with Crippen molar-refractivity contribution in [3.8, 4) is 33.8 Å². The van der Waals surface area contributed by atoms with Crippen molar-refractivity contribution in [2.24, 2.45) is 0 Å². The minimum Gasteiger partial charge on any atom is -0.494 e. The van der Waals surface area contributed by atoms with E-state index in [4.69, 9.17) is 14.2 Å². The highest BCUT2D eigenvalue weighted by atomic mass is 32.1. The highest BCUT2D eigenvalue weighted by Crippen LogP contribution is 2.37. The minimum absolute atomic E-state index is 0.225. The van der Waals surface area contributed by atoms with E-state index >= 15 is 0 Å². The first-order chi connectivity index (χ1) is 18.0. The van der Waals surface area contributed by atoms with Crippen LogP contribution in [0.25, 0.3) is 22.3 Å². The lowest BCUT2D eigenvalue weighted by atomic mass is 10.0. The van der Waals surface area contributed by atoms with Crippen molar-refractivity contribution in [3.05, 3.63) is 89.8 Å². The molecule has 1 amide bonds. The number of nitrogens with one attached hydrogen (secondary N) is 1. The third-order valence-electron chi connectivity index (χ3n) is 5.63. The Morgan fingerprint density at radius 2 is 1.43 bits per heavy atom. The fourth-order valence-electron chi connectivity index (χ4n) is 3.79. The summed E-state index contributed by atoms with van der Waals surface area (Å²) in [6.07, 6.45) is -0.784. The molecule has 1 aromatic heterocycles. The zero-order chi connectivity index (χ0) is 26.2. The van der Waals surface area contributed by atoms with Crippen LogP contribution in [0.5, 0.6) is 11.5 Å². The maximum Gasteiger partial charge on any atom is 0.341 e. The Bertz CT molecular complexity index is 1330. The topological polar surface area (TPSA) is 73.9 Å². The monoisotopic (exact) mass is 515 g/mol. The fraction of sp³-hybridized carbons (Fsp3) is 0.200. The molecule has 1 atom stereocenters. The number of rotatable bonds is 10. The largest absolute Gasteiger partial charge is 0.494 e. The SMILES string of the molecule is CCOC(=O)c1c(-c2ccc(OCC)cc2)csc1NC(=O)C(C)Oc1ccc(-c2ccccc2)cc1. The van der Waals surface area contributed by atoms with Gasteiger partial charge in [-0.25, -0.2) is 4.79 Å². The predicted molar refractivity (Wildman–Crippen MR) is 147 cm³/mol. The standard InChI is InChI=1S/C30H29NO5S/c1-4-34-24-15-13-23(14-16-24)26-19-37-29(27(26)30(33)35-5-2)31-28(32)20(3)36-25-17-11-22(12-18-25)21-9-7-6-8-10-21/h6-20H,4-5H2,1-3H3,(H,31,32). The van der Waals surface area contributed by atoms with E-state index < -0.39 is 12.1 Å². The van der Waals surface area contributed by atoms with Crippen LogP contribution in [0.1, 0.15) is 31.1 Å². The van der Waals surface area contributed by atoms with E-state index in [2.05, 4.69) is 5.32 Å². The van der Waals surface area contributed by atoms with Crippen LogP contribution < -0.4 is 14.8 Å². The van der Waals surface area contributed by atoms with Crippen LogP contribution in [-0.4, -0.2) is 31.2 Å². The lowest BCUT2D eigenvalue weighted by molar-refractivity contribution is -0.122. The molecule has 0 aliphatic rings. The molecule has 3 aromatic carbocycles. The molecule has 37 heavy (non-hydrogen) atoms. The van der Waals surface area contributed by atoms with E-state index in [0.29, 0.717) is 28.5 Å². The number of anilines is 1. The molecule has 0 aliphatic heterocycles. The smallest absolute Gasteiger partial charge is 0.341 e. The maximum absolute atomic E-state index is 13.0. The zero-order valence-corrected chi connectivity index (χ0v) is 21.8. The average Bonchev–Trinajstić information content (AvgIpc) is 3.34. The number of amides is 1. The molecule has 1 unspecified atom stereocenters. The lowest BCUT2D eigenvalue weighted by Crippen LogP contribution is -2.30. The van der Waals surface area contributed by atoms with E-state index in [1.807, 2.05) is 91.2 Å². The first kappa shape index (κ1) is 26.0. The number of thiophene rings is 1. The van der Waals surface area contributed by atoms with Crippen molar-refractivity contribution in [3.63, 3.8) is 0 Å². The van der Waals surface area contributed by atoms with E-state index in [1.54, 1.807) is 13.8 Å². The third kappa shape index (κ3) is 6.37. The molecule has 0 fully saturated rings. The number of esters is 1. The molecule has 0 spiro atoms. The van der Waals surface area contributed by atoms with Gasteiger partial charge in [-0.05, 0) is 61.7 Å². The molecule has 1 N–H and O–H groups in total. The zero-order valence-electron chi connectivity index (χ0n) is 21.0. The van der Waals surface area contributed by atoms with Crippen molar-refractivity contribution in [1.82, 2.24) is 0 Å². The van der Waals surface area contributed by atoms with E-state index in [9.17, 15) is 9.59 Å². The molecule has 0 saturated carbocycles. The third-order valence-corrected chi connectivity index (χ3v) is 6.52. The van der Waals surface area contributed by atoms with Gasteiger partial charge in [0.1, 0.15) is 22.1 Å². The van der Waals surface area contributed by atoms with Crippen LogP contribution in [0.4, 0.5) is 5.00 Å². The van der Waals surface area contributed by atoms with Gasteiger partial charge in [-0.1, -0.05) is 54.6 Å². The van der Waals surface area contributed by atoms with E-state index in [1.165, 1.54) is 11.3 Å². The van der Waals surface area contributed by atoms with Crippen LogP contribution in [-0.2, 0) is 9.53 Å². The molecule has 7 heteroatoms. The summed E-state index contributed by atoms with van der Waals surface area (Å²) >= 11 is 1.27. The molecule has 0 radical (unpaired) electrons. The summed E-state index contributed by atoms with van der Waals surface area (Å²) in [4.78, 5) is 25.9. The van der Waals surface area contributed by atoms with Gasteiger partial charge in [0.05, 0.1) is 13.2 Å². The number of carbonyl (C=O) groups is 2. The number of hydrogen-bond acceptors (Lipinski definition) is 6. The van der Waals surface area contributed by atoms with Gasteiger partial charge in [0.15, 0.2) is 6.10 Å². The number of hydrogen-bond donors (Lipinski definition) is 1. The summed E-state index contributed by atoms with van der Waals surface area (Å²) in [5.41, 5.74) is 4.00. The molecule has 0 saturated heterocycles. The van der Waals surface area contributed by atoms with Crippen molar-refractivity contribution >= 4 is 28.2 Å². The van der Waals surface area contributed by atoms with Gasteiger partial charge in [-0.2, -0.15) is 0 Å². The Morgan fingerprint density at radius 3 is 2.08 bits per heavy atom. The Kier molecular flexibility index (Phi) is 8.59. The van der Waals surface area contributed by atoms with Gasteiger partial charge < -0.3 is 19.5 Å². The average molecular weight is 516 g/mol. The molecule has 0 bridgehead atoms. The molecule has 6 nitrogen and oxygen atoms in total. The van der Waals surface area contributed by atoms with Crippen LogP contribution in [0.3, 0.4) is 0 Å². The quantitative estimate of drug-likeness (QED) is 0.229. The van der Waals surface area contributed by atoms with Crippen molar-refractivity contribution < 1.29 is 23.8 Å². The minimum atomic E-state index is -0.784. The molecule has 0 aliphatic carbocycles. The Hall–Kier alpha value is -4.10. The summed E-state index contributed by atoms with van der Waals surface area (Å²) < 4.78 is 16.7. The van der Waals surface area contributed by atoms with Gasteiger partial charge in [-0.3, -0.25) is 4.79 Å². The van der Waals surface area contributed by atoms with E-state index in [-0.39, 0.29) is 12.5 Å². The Balaban J connectivity index is 1.49. The van der Waals surface area contributed by atoms with Crippen molar-refractivity contribution in [2.45, 2.75) is 26.9 Å². The molecule has 190 valence electrons. The predicted octanol–water partition coefficient (Wildman–Crippen LogP) is 7.06. The molecular formula is C30H29NO5S. The van der Waals surface area contributed by atoms with Gasteiger partial charge >= 0.3 is 5.97 Å². The van der Waals surface area contributed by atoms with Crippen molar-refractivity contribution in [1.29, 1.82) is 0 Å². The Morgan fingerprint density at radius 1 is 0.811 bits per heavy atom. The van der Waals surface area contributed by atoms with Crippen LogP contribution >= 0.6 is 11.3 Å². The molecule has 4 rings (SSSR count). The van der Waals surface area contributed by atoms with Crippen LogP contribution in [0.15, 0.2) is 84.2 Å². The summed E-state index contributed by atoms with van der Waals surface area (Å²) in [5, 5.41) is 5.12. The first-order valence-corrected chi connectivity index (χ1v) is 13.0. The summed E-state index contributed by atoms with van der Waals surface area (Å²) in [6.45, 7) is 6.14. The Labute approximate surface area is 220 Å². The van der Waals surface area contributed by atoms with Gasteiger partial charge in [0.2, 0.25) is 0 Å². The summed E-state index contributed by atoms with van der Waals surface area (Å²) in [7, 11) is 0. The van der Waals surface area contributed by atoms with Gasteiger partial charge in [0.25, 0.3) is 5.91 Å². The molecule has 4 aromatic rings. The molecular weight excluding hydrogens is 486 g/mol. The second kappa shape index (κ2) is 12.2. The van der Waals surface area contributed by atoms with Crippen LogP contribution in [0, 0.1) is 0 Å². The summed E-state index contributed by atoms with van der Waals surface area (Å²) in [5.74, 6) is 0.468. The van der Waals surface area contributed by atoms with Crippen molar-refractivity contribution in [2.75, 3.05) is 18.5 Å². The normalized spacial score (nSPS) is 11.4. The maximum atomic E-state index is 13.0. The van der Waals surface area contributed by atoms with E-state index in [0.717, 1.165) is 22.4 Å². The van der Waals surface area contributed by atoms with Crippen LogP contribution in [0.2, 0.25) is 0 Å². The van der Waals surface area contributed by atoms with Gasteiger partial charge in [-0.15, -0.1) is 11.3 Å². The van der Waals surface area contributed by atoms with Gasteiger partial charge in [0, 0.05) is 10.9 Å². The highest BCUT2D eigenvalue weighted by Gasteiger charge is 2.25. The number of benzene rings is 3. The number of ether oxygens (including phenoxy) is 3. The lowest BCUT2D eigenvalue weighted by Gasteiger charge is -2.15. The first-order valence-electron chi connectivity index (χ1n) is 12.1. The number of carbonyl (C=O) groups excluding carboxylic acids is 2.